The van der Waals surface area contributed by atoms with Gasteiger partial charge in [-0.25, -0.2) is 0 Å². The summed E-state index contributed by atoms with van der Waals surface area (Å²) < 4.78 is 1.37. The van der Waals surface area contributed by atoms with E-state index in [-0.39, 0.29) is 12.2 Å². The van der Waals surface area contributed by atoms with Gasteiger partial charge in [0.1, 0.15) is 12.4 Å². The molecular formula is C11H18N4O3. The molecule has 0 aliphatic carbocycles. The molecule has 1 aromatic heterocycles. The van der Waals surface area contributed by atoms with Crippen LogP contribution in [0.5, 0.6) is 0 Å². The average Bonchev–Trinajstić information content (AvgIpc) is 2.72. The predicted molar refractivity (Wildman–Crippen MR) is 67.2 cm³/mol. The Morgan fingerprint density at radius 1 is 1.72 bits per heavy atom. The van der Waals surface area contributed by atoms with E-state index in [4.69, 9.17) is 0 Å². The molecule has 0 aromatic carbocycles. The van der Waals surface area contributed by atoms with Gasteiger partial charge >= 0.3 is 5.69 Å². The number of hydrogen-bond acceptors (Lipinski definition) is 5. The van der Waals surface area contributed by atoms with Crippen LogP contribution < -0.4 is 5.32 Å². The van der Waals surface area contributed by atoms with E-state index in [1.54, 1.807) is 0 Å². The number of nitrogens with one attached hydrogen (secondary N) is 1. The monoisotopic (exact) mass is 254 g/mol. The lowest BCUT2D eigenvalue weighted by Crippen LogP contribution is -2.30. The van der Waals surface area contributed by atoms with Gasteiger partial charge in [-0.05, 0) is 13.8 Å². The molecule has 0 fully saturated rings. The maximum Gasteiger partial charge on any atom is 0.306 e. The van der Waals surface area contributed by atoms with Crippen LogP contribution >= 0.6 is 0 Å². The standard InChI is InChI=1S/C11H18N4O3/c1-9(2)3-4-12-6-11(16)8-14-7-10(5-13-14)15(17)18/h3,5,7,11-12,16H,4,6,8H2,1-2H3. The van der Waals surface area contributed by atoms with Gasteiger partial charge in [0, 0.05) is 13.1 Å². The zero-order valence-corrected chi connectivity index (χ0v) is 10.5. The highest BCUT2D eigenvalue weighted by Gasteiger charge is 2.11. The Morgan fingerprint density at radius 3 is 3.00 bits per heavy atom. The van der Waals surface area contributed by atoms with E-state index in [0.29, 0.717) is 13.1 Å². The van der Waals surface area contributed by atoms with Crippen molar-refractivity contribution in [2.45, 2.75) is 26.5 Å². The zero-order valence-electron chi connectivity index (χ0n) is 10.5. The van der Waals surface area contributed by atoms with Crippen LogP contribution in [0.15, 0.2) is 24.0 Å². The van der Waals surface area contributed by atoms with Gasteiger partial charge in [0.2, 0.25) is 0 Å². The number of aliphatic hydroxyl groups excluding tert-OH is 1. The van der Waals surface area contributed by atoms with Crippen LogP contribution in [-0.2, 0) is 6.54 Å². The van der Waals surface area contributed by atoms with Gasteiger partial charge in [0.25, 0.3) is 0 Å². The summed E-state index contributed by atoms with van der Waals surface area (Å²) >= 11 is 0. The van der Waals surface area contributed by atoms with Crippen molar-refractivity contribution in [3.05, 3.63) is 34.2 Å². The van der Waals surface area contributed by atoms with Gasteiger partial charge in [-0.1, -0.05) is 11.6 Å². The first kappa shape index (κ1) is 14.3. The van der Waals surface area contributed by atoms with Crippen LogP contribution in [0.25, 0.3) is 0 Å². The quantitative estimate of drug-likeness (QED) is 0.323. The number of aromatic nitrogens is 2. The van der Waals surface area contributed by atoms with E-state index in [1.165, 1.54) is 22.6 Å². The van der Waals surface area contributed by atoms with E-state index in [1.807, 2.05) is 19.9 Å². The zero-order chi connectivity index (χ0) is 13.5. The summed E-state index contributed by atoms with van der Waals surface area (Å²) in [5.74, 6) is 0. The number of allylic oxidation sites excluding steroid dienone is 1. The van der Waals surface area contributed by atoms with Crippen molar-refractivity contribution < 1.29 is 10.0 Å². The van der Waals surface area contributed by atoms with E-state index in [2.05, 4.69) is 10.4 Å². The molecule has 1 atom stereocenters. The summed E-state index contributed by atoms with van der Waals surface area (Å²) in [4.78, 5) is 9.93. The van der Waals surface area contributed by atoms with Gasteiger partial charge in [0.05, 0.1) is 17.6 Å². The lowest BCUT2D eigenvalue weighted by Gasteiger charge is -2.10. The number of rotatable bonds is 7. The highest BCUT2D eigenvalue weighted by atomic mass is 16.6. The molecule has 1 heterocycles. The second-order valence-corrected chi connectivity index (χ2v) is 4.27. The number of aliphatic hydroxyl groups is 1. The minimum atomic E-state index is -0.630. The molecule has 1 aromatic rings. The summed E-state index contributed by atoms with van der Waals surface area (Å²) in [5, 5.41) is 27.0. The lowest BCUT2D eigenvalue weighted by molar-refractivity contribution is -0.385. The Bertz CT molecular complexity index is 424. The largest absolute Gasteiger partial charge is 0.390 e. The maximum absolute atomic E-state index is 10.4. The molecule has 2 N–H and O–H groups in total. The predicted octanol–water partition coefficient (Wildman–Crippen LogP) is 0.708. The molecule has 1 rings (SSSR count). The van der Waals surface area contributed by atoms with Gasteiger partial charge in [-0.15, -0.1) is 0 Å². The van der Waals surface area contributed by atoms with Crippen molar-refractivity contribution in [3.8, 4) is 0 Å². The summed E-state index contributed by atoms with van der Waals surface area (Å²) in [6.07, 6.45) is 3.86. The fourth-order valence-corrected chi connectivity index (χ4v) is 1.35. The smallest absolute Gasteiger partial charge is 0.306 e. The third kappa shape index (κ3) is 5.07. The second-order valence-electron chi connectivity index (χ2n) is 4.27. The molecule has 100 valence electrons. The number of nitrogens with zero attached hydrogens (tertiary/aromatic N) is 3. The van der Waals surface area contributed by atoms with Crippen molar-refractivity contribution in [3.63, 3.8) is 0 Å². The third-order valence-corrected chi connectivity index (χ3v) is 2.26. The lowest BCUT2D eigenvalue weighted by atomic mass is 10.3. The van der Waals surface area contributed by atoms with Crippen molar-refractivity contribution in [2.75, 3.05) is 13.1 Å². The minimum Gasteiger partial charge on any atom is -0.390 e. The molecule has 7 heteroatoms. The van der Waals surface area contributed by atoms with E-state index >= 15 is 0 Å². The average molecular weight is 254 g/mol. The summed E-state index contributed by atoms with van der Waals surface area (Å²) in [6.45, 7) is 5.34. The van der Waals surface area contributed by atoms with Gasteiger partial charge in [-0.3, -0.25) is 14.8 Å². The van der Waals surface area contributed by atoms with Crippen molar-refractivity contribution in [1.82, 2.24) is 15.1 Å². The number of hydrogen-bond donors (Lipinski definition) is 2. The van der Waals surface area contributed by atoms with Crippen molar-refractivity contribution in [1.29, 1.82) is 0 Å². The Hall–Kier alpha value is -1.73. The molecule has 0 amide bonds. The first-order valence-electron chi connectivity index (χ1n) is 5.68. The molecule has 7 nitrogen and oxygen atoms in total. The van der Waals surface area contributed by atoms with Crippen LogP contribution in [0.3, 0.4) is 0 Å². The molecule has 0 saturated heterocycles. The normalized spacial score (nSPS) is 12.2. The van der Waals surface area contributed by atoms with Crippen LogP contribution in [0.1, 0.15) is 13.8 Å². The van der Waals surface area contributed by atoms with Gasteiger partial charge < -0.3 is 10.4 Å². The Morgan fingerprint density at radius 2 is 2.44 bits per heavy atom. The van der Waals surface area contributed by atoms with Crippen LogP contribution in [0.4, 0.5) is 5.69 Å². The Kier molecular flexibility index (Phi) is 5.47. The summed E-state index contributed by atoms with van der Waals surface area (Å²) in [7, 11) is 0. The molecule has 1 unspecified atom stereocenters. The van der Waals surface area contributed by atoms with Gasteiger partial charge in [-0.2, -0.15) is 5.10 Å². The van der Waals surface area contributed by atoms with Crippen LogP contribution in [-0.4, -0.2) is 39.0 Å². The molecule has 0 aliphatic heterocycles. The van der Waals surface area contributed by atoms with Crippen LogP contribution in [0, 0.1) is 10.1 Å². The molecular weight excluding hydrogens is 236 g/mol. The highest BCUT2D eigenvalue weighted by molar-refractivity contribution is 5.20. The molecule has 0 spiro atoms. The third-order valence-electron chi connectivity index (χ3n) is 2.26. The van der Waals surface area contributed by atoms with E-state index in [9.17, 15) is 15.2 Å². The fraction of sp³-hybridized carbons (Fsp3) is 0.545. The Labute approximate surface area is 105 Å². The van der Waals surface area contributed by atoms with E-state index < -0.39 is 11.0 Å². The first-order valence-corrected chi connectivity index (χ1v) is 5.68. The summed E-state index contributed by atoms with van der Waals surface area (Å²) in [5.41, 5.74) is 1.14. The van der Waals surface area contributed by atoms with E-state index in [0.717, 1.165) is 0 Å². The topological polar surface area (TPSA) is 93.2 Å². The molecule has 0 saturated carbocycles. The second kappa shape index (κ2) is 6.87. The van der Waals surface area contributed by atoms with Crippen molar-refractivity contribution >= 4 is 5.69 Å². The Balaban J connectivity index is 2.33. The molecule has 18 heavy (non-hydrogen) atoms. The molecule has 0 bridgehead atoms. The van der Waals surface area contributed by atoms with Crippen LogP contribution in [0.2, 0.25) is 0 Å². The molecule has 0 radical (unpaired) electrons. The molecule has 0 aliphatic rings. The minimum absolute atomic E-state index is 0.0697. The van der Waals surface area contributed by atoms with Crippen molar-refractivity contribution in [2.24, 2.45) is 0 Å². The maximum atomic E-state index is 10.4. The fourth-order valence-electron chi connectivity index (χ4n) is 1.35. The number of nitro groups is 1. The van der Waals surface area contributed by atoms with Gasteiger partial charge in [0.15, 0.2) is 0 Å². The SMILES string of the molecule is CC(C)=CCNCC(O)Cn1cc([N+](=O)[O-])cn1. The first-order chi connectivity index (χ1) is 8.49. The highest BCUT2D eigenvalue weighted by Crippen LogP contribution is 2.07. The summed E-state index contributed by atoms with van der Waals surface area (Å²) in [6, 6.07) is 0.